The minimum Gasteiger partial charge on any atom is -0.480 e. The SMILES string of the molecule is CN(CC(=O)O)C[C@H]1CN(C(=O)c2ccccc2C(C)(C)C)CCO1. The number of amides is 1. The van der Waals surface area contributed by atoms with E-state index in [1.165, 1.54) is 0 Å². The molecule has 1 N–H and O–H groups in total. The molecule has 6 nitrogen and oxygen atoms in total. The van der Waals surface area contributed by atoms with Crippen LogP contribution in [0.5, 0.6) is 0 Å². The van der Waals surface area contributed by atoms with E-state index in [0.29, 0.717) is 26.2 Å². The fraction of sp³-hybridized carbons (Fsp3) is 0.579. The number of ether oxygens (including phenoxy) is 1. The second-order valence-corrected chi connectivity index (χ2v) is 7.63. The largest absolute Gasteiger partial charge is 0.480 e. The van der Waals surface area contributed by atoms with Crippen LogP contribution >= 0.6 is 0 Å². The van der Waals surface area contributed by atoms with Gasteiger partial charge in [-0.15, -0.1) is 0 Å². The van der Waals surface area contributed by atoms with Gasteiger partial charge in [0.1, 0.15) is 0 Å². The number of rotatable bonds is 5. The number of morpholine rings is 1. The molecule has 6 heteroatoms. The number of aliphatic carboxylic acids is 1. The van der Waals surface area contributed by atoms with Crippen molar-refractivity contribution in [3.05, 3.63) is 35.4 Å². The minimum atomic E-state index is -0.870. The summed E-state index contributed by atoms with van der Waals surface area (Å²) in [5.41, 5.74) is 1.65. The minimum absolute atomic E-state index is 0.0136. The van der Waals surface area contributed by atoms with Crippen LogP contribution in [0.1, 0.15) is 36.7 Å². The molecule has 1 heterocycles. The molecule has 0 unspecified atom stereocenters. The number of benzene rings is 1. The van der Waals surface area contributed by atoms with Gasteiger partial charge in [0.15, 0.2) is 0 Å². The first-order valence-corrected chi connectivity index (χ1v) is 8.59. The summed E-state index contributed by atoms with van der Waals surface area (Å²) in [5.74, 6) is -0.856. The van der Waals surface area contributed by atoms with Crippen LogP contribution in [0.15, 0.2) is 24.3 Å². The van der Waals surface area contributed by atoms with Crippen LogP contribution < -0.4 is 0 Å². The van der Waals surface area contributed by atoms with Crippen molar-refractivity contribution in [1.29, 1.82) is 0 Å². The van der Waals surface area contributed by atoms with E-state index in [1.54, 1.807) is 11.9 Å². The number of carbonyl (C=O) groups excluding carboxylic acids is 1. The van der Waals surface area contributed by atoms with Crippen molar-refractivity contribution in [2.75, 3.05) is 39.8 Å². The van der Waals surface area contributed by atoms with Gasteiger partial charge in [-0.05, 0) is 24.1 Å². The fourth-order valence-corrected chi connectivity index (χ4v) is 3.15. The van der Waals surface area contributed by atoms with E-state index in [9.17, 15) is 9.59 Å². The normalized spacial score (nSPS) is 18.4. The average molecular weight is 348 g/mol. The smallest absolute Gasteiger partial charge is 0.317 e. The molecule has 1 atom stereocenters. The van der Waals surface area contributed by atoms with E-state index in [0.717, 1.165) is 11.1 Å². The highest BCUT2D eigenvalue weighted by Crippen LogP contribution is 2.27. The Hall–Kier alpha value is -1.92. The van der Waals surface area contributed by atoms with Gasteiger partial charge >= 0.3 is 5.97 Å². The van der Waals surface area contributed by atoms with E-state index in [1.807, 2.05) is 29.2 Å². The summed E-state index contributed by atoms with van der Waals surface area (Å²) >= 11 is 0. The van der Waals surface area contributed by atoms with Crippen molar-refractivity contribution in [3.8, 4) is 0 Å². The Bertz CT molecular complexity index is 624. The van der Waals surface area contributed by atoms with Crippen LogP contribution in [0.25, 0.3) is 0 Å². The quantitative estimate of drug-likeness (QED) is 0.879. The van der Waals surface area contributed by atoms with Crippen LogP contribution in [0.4, 0.5) is 0 Å². The number of carboxylic acid groups (broad SMARTS) is 1. The second-order valence-electron chi connectivity index (χ2n) is 7.63. The molecule has 1 aromatic rings. The summed E-state index contributed by atoms with van der Waals surface area (Å²) in [7, 11) is 1.74. The molecule has 1 fully saturated rings. The summed E-state index contributed by atoms with van der Waals surface area (Å²) in [5, 5.41) is 8.86. The molecule has 25 heavy (non-hydrogen) atoms. The van der Waals surface area contributed by atoms with Gasteiger partial charge in [-0.2, -0.15) is 0 Å². The molecule has 0 bridgehead atoms. The van der Waals surface area contributed by atoms with Gasteiger partial charge < -0.3 is 14.7 Å². The third-order valence-electron chi connectivity index (χ3n) is 4.31. The number of likely N-dealkylation sites (N-methyl/N-ethyl adjacent to an activating group) is 1. The predicted octanol–water partition coefficient (Wildman–Crippen LogP) is 1.84. The van der Waals surface area contributed by atoms with Crippen LogP contribution in [-0.4, -0.2) is 72.7 Å². The Labute approximate surface area is 149 Å². The summed E-state index contributed by atoms with van der Waals surface area (Å²) in [6, 6.07) is 7.73. The average Bonchev–Trinajstić information content (AvgIpc) is 2.52. The van der Waals surface area contributed by atoms with Gasteiger partial charge in [0.2, 0.25) is 0 Å². The van der Waals surface area contributed by atoms with E-state index in [-0.39, 0.29) is 24.0 Å². The van der Waals surface area contributed by atoms with Crippen molar-refractivity contribution in [2.45, 2.75) is 32.3 Å². The number of hydrogen-bond acceptors (Lipinski definition) is 4. The van der Waals surface area contributed by atoms with Crippen molar-refractivity contribution in [3.63, 3.8) is 0 Å². The Balaban J connectivity index is 2.09. The highest BCUT2D eigenvalue weighted by molar-refractivity contribution is 5.96. The van der Waals surface area contributed by atoms with Crippen molar-refractivity contribution >= 4 is 11.9 Å². The Kier molecular flexibility index (Phi) is 6.19. The van der Waals surface area contributed by atoms with E-state index < -0.39 is 5.97 Å². The van der Waals surface area contributed by atoms with Gasteiger partial charge in [-0.3, -0.25) is 14.5 Å². The molecule has 0 aromatic heterocycles. The number of carboxylic acids is 1. The molecule has 138 valence electrons. The second kappa shape index (κ2) is 7.97. The summed E-state index contributed by atoms with van der Waals surface area (Å²) < 4.78 is 5.72. The number of hydrogen-bond donors (Lipinski definition) is 1. The zero-order valence-corrected chi connectivity index (χ0v) is 15.5. The molecule has 1 saturated heterocycles. The van der Waals surface area contributed by atoms with Crippen LogP contribution in [0, 0.1) is 0 Å². The van der Waals surface area contributed by atoms with Crippen LogP contribution in [0.3, 0.4) is 0 Å². The maximum Gasteiger partial charge on any atom is 0.317 e. The van der Waals surface area contributed by atoms with Crippen LogP contribution in [-0.2, 0) is 14.9 Å². The molecule has 1 aromatic carbocycles. The summed E-state index contributed by atoms with van der Waals surface area (Å²) in [4.78, 5) is 27.3. The first-order valence-electron chi connectivity index (χ1n) is 8.59. The molecule has 2 rings (SSSR count). The van der Waals surface area contributed by atoms with Crippen molar-refractivity contribution in [1.82, 2.24) is 9.80 Å². The lowest BCUT2D eigenvalue weighted by Gasteiger charge is -2.35. The zero-order chi connectivity index (χ0) is 18.6. The Morgan fingerprint density at radius 1 is 1.32 bits per heavy atom. The molecule has 1 amide bonds. The lowest BCUT2D eigenvalue weighted by atomic mass is 9.83. The Morgan fingerprint density at radius 2 is 2.00 bits per heavy atom. The van der Waals surface area contributed by atoms with Gasteiger partial charge in [-0.1, -0.05) is 39.0 Å². The van der Waals surface area contributed by atoms with Crippen LogP contribution in [0.2, 0.25) is 0 Å². The highest BCUT2D eigenvalue weighted by Gasteiger charge is 2.29. The van der Waals surface area contributed by atoms with Gasteiger partial charge in [0, 0.05) is 25.2 Å². The zero-order valence-electron chi connectivity index (χ0n) is 15.5. The highest BCUT2D eigenvalue weighted by atomic mass is 16.5. The molecule has 1 aliphatic rings. The first-order chi connectivity index (χ1) is 11.7. The lowest BCUT2D eigenvalue weighted by Crippen LogP contribution is -2.49. The monoisotopic (exact) mass is 348 g/mol. The van der Waals surface area contributed by atoms with Crippen molar-refractivity contribution < 1.29 is 19.4 Å². The first kappa shape index (κ1) is 19.4. The standard InChI is InChI=1S/C19H28N2O4/c1-19(2,3)16-8-6-5-7-15(16)18(24)21-9-10-25-14(12-21)11-20(4)13-17(22)23/h5-8,14H,9-13H2,1-4H3,(H,22,23)/t14-/m0/s1. The van der Waals surface area contributed by atoms with Crippen molar-refractivity contribution in [2.24, 2.45) is 0 Å². The topological polar surface area (TPSA) is 70.1 Å². The number of carbonyl (C=O) groups is 2. The summed E-state index contributed by atoms with van der Waals surface area (Å²) in [6.45, 7) is 8.23. The Morgan fingerprint density at radius 3 is 2.64 bits per heavy atom. The van der Waals surface area contributed by atoms with E-state index in [4.69, 9.17) is 9.84 Å². The molecular weight excluding hydrogens is 320 g/mol. The number of nitrogens with zero attached hydrogens (tertiary/aromatic N) is 2. The molecule has 0 aliphatic carbocycles. The van der Waals surface area contributed by atoms with Gasteiger partial charge in [-0.25, -0.2) is 0 Å². The van der Waals surface area contributed by atoms with E-state index >= 15 is 0 Å². The summed E-state index contributed by atoms with van der Waals surface area (Å²) in [6.07, 6.45) is -0.177. The fourth-order valence-electron chi connectivity index (χ4n) is 3.15. The molecule has 0 spiro atoms. The molecule has 1 aliphatic heterocycles. The maximum absolute atomic E-state index is 13.0. The lowest BCUT2D eigenvalue weighted by molar-refractivity contribution is -0.138. The van der Waals surface area contributed by atoms with Gasteiger partial charge in [0.25, 0.3) is 5.91 Å². The van der Waals surface area contributed by atoms with Gasteiger partial charge in [0.05, 0.1) is 19.3 Å². The predicted molar refractivity (Wildman–Crippen MR) is 95.9 cm³/mol. The third-order valence-corrected chi connectivity index (χ3v) is 4.31. The van der Waals surface area contributed by atoms with E-state index in [2.05, 4.69) is 20.8 Å². The maximum atomic E-state index is 13.0. The molecular formula is C19H28N2O4. The third kappa shape index (κ3) is 5.28. The molecule has 0 saturated carbocycles. The molecule has 0 radical (unpaired) electrons.